The van der Waals surface area contributed by atoms with Gasteiger partial charge in [-0.25, -0.2) is 15.0 Å². The molecule has 0 saturated carbocycles. The summed E-state index contributed by atoms with van der Waals surface area (Å²) >= 11 is 1.33. The highest BCUT2D eigenvalue weighted by Crippen LogP contribution is 2.24. The predicted octanol–water partition coefficient (Wildman–Crippen LogP) is 2.22. The number of benzene rings is 1. The normalized spacial score (nSPS) is 14.7. The fraction of sp³-hybridized carbons (Fsp3) is 0.217. The van der Waals surface area contributed by atoms with Crippen LogP contribution < -0.4 is 16.4 Å². The zero-order valence-electron chi connectivity index (χ0n) is 18.3. The maximum Gasteiger partial charge on any atom is 0.298 e. The molecule has 3 heterocycles. The number of likely N-dealkylation sites (tertiary alicyclic amines) is 1. The summed E-state index contributed by atoms with van der Waals surface area (Å²) in [6.45, 7) is 2.70. The van der Waals surface area contributed by atoms with Crippen LogP contribution >= 0.6 is 11.3 Å². The molecule has 0 radical (unpaired) electrons. The SMILES string of the molecule is CC#CC(=O)N1CCC(Nc2ncnc(N)c2C(=N)c2ccc(C(=O)Nc3nccs3)cc2)C1. The van der Waals surface area contributed by atoms with E-state index in [1.54, 1.807) is 47.7 Å². The van der Waals surface area contributed by atoms with Gasteiger partial charge in [-0.3, -0.25) is 20.3 Å². The molecule has 1 saturated heterocycles. The van der Waals surface area contributed by atoms with Gasteiger partial charge in [0.1, 0.15) is 18.0 Å². The third kappa shape index (κ3) is 5.02. The average Bonchev–Trinajstić information content (AvgIpc) is 3.51. The van der Waals surface area contributed by atoms with Gasteiger partial charge < -0.3 is 16.0 Å². The Kier molecular flexibility index (Phi) is 6.79. The van der Waals surface area contributed by atoms with Crippen LogP contribution in [-0.4, -0.2) is 56.5 Å². The lowest BCUT2D eigenvalue weighted by molar-refractivity contribution is -0.124. The molecule has 1 fully saturated rings. The summed E-state index contributed by atoms with van der Waals surface area (Å²) in [6.07, 6.45) is 3.67. The fourth-order valence-electron chi connectivity index (χ4n) is 3.58. The molecule has 0 bridgehead atoms. The second-order valence-corrected chi connectivity index (χ2v) is 8.38. The monoisotopic (exact) mass is 474 g/mol. The number of hydrogen-bond donors (Lipinski definition) is 4. The summed E-state index contributed by atoms with van der Waals surface area (Å²) in [7, 11) is 0. The molecule has 5 N–H and O–H groups in total. The fourth-order valence-corrected chi connectivity index (χ4v) is 4.11. The van der Waals surface area contributed by atoms with E-state index in [1.165, 1.54) is 17.7 Å². The van der Waals surface area contributed by atoms with Gasteiger partial charge in [-0.2, -0.15) is 0 Å². The molecule has 10 nitrogen and oxygen atoms in total. The zero-order chi connectivity index (χ0) is 24.1. The number of aromatic nitrogens is 3. The van der Waals surface area contributed by atoms with Crippen molar-refractivity contribution in [1.29, 1.82) is 5.41 Å². The first kappa shape index (κ1) is 22.9. The van der Waals surface area contributed by atoms with Gasteiger partial charge in [0.25, 0.3) is 11.8 Å². The van der Waals surface area contributed by atoms with Gasteiger partial charge in [-0.05, 0) is 31.4 Å². The summed E-state index contributed by atoms with van der Waals surface area (Å²) in [5.41, 5.74) is 7.59. The number of anilines is 3. The van der Waals surface area contributed by atoms with Crippen molar-refractivity contribution < 1.29 is 9.59 Å². The van der Waals surface area contributed by atoms with E-state index in [0.717, 1.165) is 6.42 Å². The van der Waals surface area contributed by atoms with Crippen molar-refractivity contribution in [2.75, 3.05) is 29.5 Å². The van der Waals surface area contributed by atoms with Crippen molar-refractivity contribution in [2.24, 2.45) is 0 Å². The molecular formula is C23H22N8O2S. The minimum atomic E-state index is -0.286. The molecule has 1 aliphatic rings. The quantitative estimate of drug-likeness (QED) is 0.316. The molecule has 172 valence electrons. The van der Waals surface area contributed by atoms with Crippen LogP contribution in [-0.2, 0) is 4.79 Å². The van der Waals surface area contributed by atoms with E-state index >= 15 is 0 Å². The molecule has 1 atom stereocenters. The Morgan fingerprint density at radius 3 is 2.68 bits per heavy atom. The summed E-state index contributed by atoms with van der Waals surface area (Å²) in [5, 5.41) is 17.0. The molecule has 1 unspecified atom stereocenters. The summed E-state index contributed by atoms with van der Waals surface area (Å²) in [6, 6.07) is 6.56. The van der Waals surface area contributed by atoms with E-state index in [0.29, 0.717) is 40.7 Å². The van der Waals surface area contributed by atoms with Crippen LogP contribution in [0, 0.1) is 17.3 Å². The van der Waals surface area contributed by atoms with Gasteiger partial charge >= 0.3 is 0 Å². The number of nitrogens with one attached hydrogen (secondary N) is 3. The third-order valence-corrected chi connectivity index (χ3v) is 5.95. The van der Waals surface area contributed by atoms with Gasteiger partial charge in [0, 0.05) is 41.8 Å². The maximum absolute atomic E-state index is 12.4. The van der Waals surface area contributed by atoms with Crippen LogP contribution in [0.2, 0.25) is 0 Å². The van der Waals surface area contributed by atoms with E-state index in [4.69, 9.17) is 11.1 Å². The number of amides is 2. The first-order chi connectivity index (χ1) is 16.5. The maximum atomic E-state index is 12.4. The Labute approximate surface area is 200 Å². The highest BCUT2D eigenvalue weighted by atomic mass is 32.1. The molecule has 0 aliphatic carbocycles. The highest BCUT2D eigenvalue weighted by molar-refractivity contribution is 7.13. The number of carbonyl (C=O) groups is 2. The average molecular weight is 475 g/mol. The smallest absolute Gasteiger partial charge is 0.298 e. The van der Waals surface area contributed by atoms with Crippen LogP contribution in [0.5, 0.6) is 0 Å². The van der Waals surface area contributed by atoms with Gasteiger partial charge in [0.05, 0.1) is 11.3 Å². The lowest BCUT2D eigenvalue weighted by Crippen LogP contribution is -2.31. The van der Waals surface area contributed by atoms with Gasteiger partial charge in [-0.15, -0.1) is 11.3 Å². The Bertz CT molecular complexity index is 1280. The number of thiazole rings is 1. The van der Waals surface area contributed by atoms with Crippen molar-refractivity contribution >= 4 is 45.6 Å². The molecule has 34 heavy (non-hydrogen) atoms. The van der Waals surface area contributed by atoms with E-state index in [1.807, 2.05) is 0 Å². The molecule has 2 amide bonds. The number of carbonyl (C=O) groups excluding carboxylic acids is 2. The van der Waals surface area contributed by atoms with E-state index in [9.17, 15) is 9.59 Å². The van der Waals surface area contributed by atoms with Crippen LogP contribution in [0.25, 0.3) is 0 Å². The topological polar surface area (TPSA) is 150 Å². The molecular weight excluding hydrogens is 452 g/mol. The van der Waals surface area contributed by atoms with Gasteiger partial charge in [0.2, 0.25) is 0 Å². The lowest BCUT2D eigenvalue weighted by Gasteiger charge is -2.18. The van der Waals surface area contributed by atoms with Crippen molar-refractivity contribution in [2.45, 2.75) is 19.4 Å². The third-order valence-electron chi connectivity index (χ3n) is 5.26. The van der Waals surface area contributed by atoms with Crippen LogP contribution in [0.15, 0.2) is 42.2 Å². The summed E-state index contributed by atoms with van der Waals surface area (Å²) < 4.78 is 0. The van der Waals surface area contributed by atoms with Crippen molar-refractivity contribution in [3.05, 3.63) is 58.9 Å². The van der Waals surface area contributed by atoms with E-state index in [2.05, 4.69) is 37.4 Å². The number of nitrogens with zero attached hydrogens (tertiary/aromatic N) is 4. The van der Waals surface area contributed by atoms with E-state index < -0.39 is 0 Å². The van der Waals surface area contributed by atoms with Crippen molar-refractivity contribution in [3.63, 3.8) is 0 Å². The van der Waals surface area contributed by atoms with Crippen molar-refractivity contribution in [3.8, 4) is 11.8 Å². The Morgan fingerprint density at radius 1 is 1.21 bits per heavy atom. The lowest BCUT2D eigenvalue weighted by atomic mass is 10.0. The van der Waals surface area contributed by atoms with Crippen molar-refractivity contribution in [1.82, 2.24) is 19.9 Å². The Morgan fingerprint density at radius 2 is 1.97 bits per heavy atom. The standard InChI is InChI=1S/C23H22N8O2S/c1-2-3-17(32)31-10-8-16(12-31)29-21-18(20(25)27-13-28-21)19(24)14-4-6-15(7-5-14)22(33)30-23-26-9-11-34-23/h4-7,9,11,13,16,24H,8,10,12H2,1H3,(H,26,30,33)(H3,25,27,28,29). The van der Waals surface area contributed by atoms with Crippen LogP contribution in [0.1, 0.15) is 34.8 Å². The Balaban J connectivity index is 1.49. The van der Waals surface area contributed by atoms with Gasteiger partial charge in [0.15, 0.2) is 5.13 Å². The summed E-state index contributed by atoms with van der Waals surface area (Å²) in [4.78, 5) is 38.5. The number of nitrogens with two attached hydrogens (primary N) is 1. The first-order valence-electron chi connectivity index (χ1n) is 10.4. The minimum absolute atomic E-state index is 0.0552. The first-order valence-corrected chi connectivity index (χ1v) is 11.3. The molecule has 0 spiro atoms. The predicted molar refractivity (Wildman–Crippen MR) is 131 cm³/mol. The molecule has 11 heteroatoms. The largest absolute Gasteiger partial charge is 0.383 e. The highest BCUT2D eigenvalue weighted by Gasteiger charge is 2.27. The second-order valence-electron chi connectivity index (χ2n) is 7.48. The number of hydrogen-bond acceptors (Lipinski definition) is 9. The molecule has 1 aliphatic heterocycles. The molecule has 1 aromatic carbocycles. The number of rotatable bonds is 6. The molecule has 4 rings (SSSR count). The summed E-state index contributed by atoms with van der Waals surface area (Å²) in [5.74, 6) is 5.27. The van der Waals surface area contributed by atoms with Gasteiger partial charge in [-0.1, -0.05) is 18.1 Å². The molecule has 2 aromatic heterocycles. The second kappa shape index (κ2) is 10.1. The van der Waals surface area contributed by atoms with Crippen LogP contribution in [0.4, 0.5) is 16.8 Å². The minimum Gasteiger partial charge on any atom is -0.383 e. The number of nitrogen functional groups attached to an aromatic ring is 1. The Hall–Kier alpha value is -4.30. The van der Waals surface area contributed by atoms with E-state index in [-0.39, 0.29) is 29.4 Å². The van der Waals surface area contributed by atoms with Crippen LogP contribution in [0.3, 0.4) is 0 Å². The molecule has 3 aromatic rings. The zero-order valence-corrected chi connectivity index (χ0v) is 19.1.